The van der Waals surface area contributed by atoms with Crippen molar-refractivity contribution in [1.29, 1.82) is 0 Å². The lowest BCUT2D eigenvalue weighted by Crippen LogP contribution is -2.21. The van der Waals surface area contributed by atoms with E-state index in [1.807, 2.05) is 6.92 Å². The zero-order valence-electron chi connectivity index (χ0n) is 8.23. The first kappa shape index (κ1) is 9.44. The summed E-state index contributed by atoms with van der Waals surface area (Å²) < 4.78 is 5.13. The van der Waals surface area contributed by atoms with Gasteiger partial charge in [-0.15, -0.1) is 6.58 Å². The first-order valence-corrected chi connectivity index (χ1v) is 4.99. The number of carbonyl (C=O) groups excluding carboxylic acids is 2. The number of ether oxygens (including phenoxy) is 1. The molecule has 1 aliphatic heterocycles. The Morgan fingerprint density at radius 3 is 2.93 bits per heavy atom. The van der Waals surface area contributed by atoms with Gasteiger partial charge in [0, 0.05) is 18.3 Å². The number of hydrogen-bond donors (Lipinski definition) is 0. The Bertz CT molecular complexity index is 295. The van der Waals surface area contributed by atoms with Crippen LogP contribution >= 0.6 is 0 Å². The summed E-state index contributed by atoms with van der Waals surface area (Å²) in [6.45, 7) is 5.48. The van der Waals surface area contributed by atoms with Gasteiger partial charge in [-0.05, 0) is 13.3 Å². The molecule has 0 radical (unpaired) electrons. The highest BCUT2D eigenvalue weighted by molar-refractivity contribution is 5.92. The third kappa shape index (κ3) is 1.19. The third-order valence-electron chi connectivity index (χ3n) is 3.34. The van der Waals surface area contributed by atoms with E-state index in [4.69, 9.17) is 4.74 Å². The summed E-state index contributed by atoms with van der Waals surface area (Å²) in [5.41, 5.74) is 0. The summed E-state index contributed by atoms with van der Waals surface area (Å²) in [4.78, 5) is 23.1. The highest BCUT2D eigenvalue weighted by Gasteiger charge is 2.53. The van der Waals surface area contributed by atoms with E-state index >= 15 is 0 Å². The number of fused-ring (bicyclic) bond motifs is 1. The van der Waals surface area contributed by atoms with Gasteiger partial charge in [-0.3, -0.25) is 9.59 Å². The van der Waals surface area contributed by atoms with E-state index in [1.54, 1.807) is 6.08 Å². The molecule has 3 nitrogen and oxygen atoms in total. The summed E-state index contributed by atoms with van der Waals surface area (Å²) >= 11 is 0. The maximum Gasteiger partial charge on any atom is 0.310 e. The molecule has 4 atom stereocenters. The maximum absolute atomic E-state index is 11.6. The van der Waals surface area contributed by atoms with Gasteiger partial charge in [-0.25, -0.2) is 0 Å². The molecule has 0 spiro atoms. The molecule has 2 fully saturated rings. The SMILES string of the molecule is C=CCC1C(=O)CC2C(C)OC(=O)C12. The molecule has 4 unspecified atom stereocenters. The summed E-state index contributed by atoms with van der Waals surface area (Å²) in [7, 11) is 0. The van der Waals surface area contributed by atoms with Crippen LogP contribution in [0.15, 0.2) is 12.7 Å². The fourth-order valence-corrected chi connectivity index (χ4v) is 2.61. The Kier molecular flexibility index (Phi) is 2.17. The molecule has 1 heterocycles. The van der Waals surface area contributed by atoms with Crippen molar-refractivity contribution >= 4 is 11.8 Å². The van der Waals surface area contributed by atoms with Crippen molar-refractivity contribution in [3.63, 3.8) is 0 Å². The number of esters is 1. The quantitative estimate of drug-likeness (QED) is 0.492. The van der Waals surface area contributed by atoms with Gasteiger partial charge in [0.1, 0.15) is 11.9 Å². The predicted molar refractivity (Wildman–Crippen MR) is 50.5 cm³/mol. The minimum absolute atomic E-state index is 0.0914. The molecular weight excluding hydrogens is 180 g/mol. The van der Waals surface area contributed by atoms with Crippen molar-refractivity contribution in [2.45, 2.75) is 25.9 Å². The highest BCUT2D eigenvalue weighted by Crippen LogP contribution is 2.44. The number of cyclic esters (lactones) is 1. The molecule has 1 aliphatic carbocycles. The fourth-order valence-electron chi connectivity index (χ4n) is 2.61. The molecule has 0 bridgehead atoms. The molecule has 0 N–H and O–H groups in total. The number of Topliss-reactive ketones (excluding diaryl/α,β-unsaturated/α-hetero) is 1. The van der Waals surface area contributed by atoms with Crippen LogP contribution in [0.5, 0.6) is 0 Å². The second kappa shape index (κ2) is 3.23. The van der Waals surface area contributed by atoms with Crippen molar-refractivity contribution < 1.29 is 14.3 Å². The van der Waals surface area contributed by atoms with Crippen LogP contribution < -0.4 is 0 Å². The van der Waals surface area contributed by atoms with Crippen LogP contribution in [0.1, 0.15) is 19.8 Å². The molecule has 2 aliphatic rings. The van der Waals surface area contributed by atoms with Gasteiger partial charge < -0.3 is 4.74 Å². The smallest absolute Gasteiger partial charge is 0.310 e. The van der Waals surface area contributed by atoms with E-state index in [1.165, 1.54) is 0 Å². The minimum atomic E-state index is -0.199. The van der Waals surface area contributed by atoms with Crippen LogP contribution in [0, 0.1) is 17.8 Å². The number of allylic oxidation sites excluding steroid dienone is 1. The monoisotopic (exact) mass is 194 g/mol. The second-order valence-electron chi connectivity index (χ2n) is 4.13. The van der Waals surface area contributed by atoms with Gasteiger partial charge >= 0.3 is 5.97 Å². The highest BCUT2D eigenvalue weighted by atomic mass is 16.6. The van der Waals surface area contributed by atoms with Crippen LogP contribution in [0.25, 0.3) is 0 Å². The number of rotatable bonds is 2. The van der Waals surface area contributed by atoms with E-state index < -0.39 is 0 Å². The molecule has 3 heteroatoms. The molecule has 0 aromatic carbocycles. The zero-order chi connectivity index (χ0) is 10.3. The summed E-state index contributed by atoms with van der Waals surface area (Å²) in [5.74, 6) is -0.256. The first-order chi connectivity index (χ1) is 6.65. The maximum atomic E-state index is 11.6. The molecule has 1 saturated carbocycles. The number of hydrogen-bond acceptors (Lipinski definition) is 3. The van der Waals surface area contributed by atoms with Crippen LogP contribution in [-0.2, 0) is 14.3 Å². The first-order valence-electron chi connectivity index (χ1n) is 4.99. The van der Waals surface area contributed by atoms with Crippen LogP contribution in [0.2, 0.25) is 0 Å². The normalized spacial score (nSPS) is 40.9. The van der Waals surface area contributed by atoms with Gasteiger partial charge in [0.15, 0.2) is 0 Å². The Hall–Kier alpha value is -1.12. The van der Waals surface area contributed by atoms with Gasteiger partial charge in [0.2, 0.25) is 0 Å². The number of carbonyl (C=O) groups is 2. The standard InChI is InChI=1S/C11H14O3/c1-3-4-7-9(12)5-8-6(2)14-11(13)10(7)8/h3,6-8,10H,1,4-5H2,2H3. The van der Waals surface area contributed by atoms with Crippen molar-refractivity contribution in [2.24, 2.45) is 17.8 Å². The van der Waals surface area contributed by atoms with Gasteiger partial charge in [-0.1, -0.05) is 6.08 Å². The number of ketones is 1. The molecule has 76 valence electrons. The molecule has 2 rings (SSSR count). The molecular formula is C11H14O3. The molecule has 14 heavy (non-hydrogen) atoms. The second-order valence-corrected chi connectivity index (χ2v) is 4.13. The lowest BCUT2D eigenvalue weighted by molar-refractivity contribution is -0.146. The summed E-state index contributed by atoms with van der Waals surface area (Å²) in [6, 6.07) is 0. The molecule has 0 amide bonds. The molecule has 0 aromatic heterocycles. The summed E-state index contributed by atoms with van der Waals surface area (Å²) in [6.07, 6.45) is 2.71. The van der Waals surface area contributed by atoms with E-state index in [0.717, 1.165) is 0 Å². The Balaban J connectivity index is 2.24. The topological polar surface area (TPSA) is 43.4 Å². The van der Waals surface area contributed by atoms with Crippen molar-refractivity contribution in [3.05, 3.63) is 12.7 Å². The third-order valence-corrected chi connectivity index (χ3v) is 3.34. The van der Waals surface area contributed by atoms with Crippen LogP contribution in [0.3, 0.4) is 0 Å². The fraction of sp³-hybridized carbons (Fsp3) is 0.636. The minimum Gasteiger partial charge on any atom is -0.462 e. The van der Waals surface area contributed by atoms with E-state index in [0.29, 0.717) is 12.8 Å². The average molecular weight is 194 g/mol. The zero-order valence-corrected chi connectivity index (χ0v) is 8.23. The van der Waals surface area contributed by atoms with E-state index in [9.17, 15) is 9.59 Å². The Morgan fingerprint density at radius 1 is 1.57 bits per heavy atom. The van der Waals surface area contributed by atoms with Crippen molar-refractivity contribution in [3.8, 4) is 0 Å². The van der Waals surface area contributed by atoms with E-state index in [2.05, 4.69) is 6.58 Å². The van der Waals surface area contributed by atoms with Gasteiger partial charge in [0.25, 0.3) is 0 Å². The van der Waals surface area contributed by atoms with Gasteiger partial charge in [0.05, 0.1) is 5.92 Å². The Labute approximate surface area is 83.1 Å². The van der Waals surface area contributed by atoms with Crippen molar-refractivity contribution in [2.75, 3.05) is 0 Å². The lowest BCUT2D eigenvalue weighted by atomic mass is 9.87. The van der Waals surface area contributed by atoms with Crippen molar-refractivity contribution in [1.82, 2.24) is 0 Å². The largest absolute Gasteiger partial charge is 0.462 e. The van der Waals surface area contributed by atoms with Crippen LogP contribution in [-0.4, -0.2) is 17.9 Å². The predicted octanol–water partition coefficient (Wildman–Crippen LogP) is 1.33. The Morgan fingerprint density at radius 2 is 2.29 bits per heavy atom. The summed E-state index contributed by atoms with van der Waals surface area (Å²) in [5, 5.41) is 0. The van der Waals surface area contributed by atoms with Crippen LogP contribution in [0.4, 0.5) is 0 Å². The average Bonchev–Trinajstić information content (AvgIpc) is 2.56. The molecule has 1 saturated heterocycles. The van der Waals surface area contributed by atoms with Gasteiger partial charge in [-0.2, -0.15) is 0 Å². The lowest BCUT2D eigenvalue weighted by Gasteiger charge is -2.10. The molecule has 0 aromatic rings. The van der Waals surface area contributed by atoms with E-state index in [-0.39, 0.29) is 35.6 Å².